The molecule has 0 atom stereocenters. The Morgan fingerprint density at radius 1 is 1.25 bits per heavy atom. The van der Waals surface area contributed by atoms with Crippen LogP contribution >= 0.6 is 0 Å². The Morgan fingerprint density at radius 3 is 2.38 bits per heavy atom. The molecule has 0 aliphatic heterocycles. The van der Waals surface area contributed by atoms with Gasteiger partial charge in [-0.25, -0.2) is 0 Å². The van der Waals surface area contributed by atoms with Crippen molar-refractivity contribution in [2.75, 3.05) is 0 Å². The van der Waals surface area contributed by atoms with Crippen LogP contribution in [0.3, 0.4) is 0 Å². The Hall–Kier alpha value is -1.18. The molecule has 0 spiro atoms. The van der Waals surface area contributed by atoms with Crippen molar-refractivity contribution >= 4 is 6.20 Å². The quantitative estimate of drug-likeness (QED) is 0.568. The van der Waals surface area contributed by atoms with Gasteiger partial charge < -0.3 is 10.3 Å². The normalized spacial score (nSPS) is 10.5. The van der Waals surface area contributed by atoms with Gasteiger partial charge in [-0.05, 0) is 12.1 Å². The van der Waals surface area contributed by atoms with E-state index in [1.165, 1.54) is 6.20 Å². The average molecular weight is 108 g/mol. The van der Waals surface area contributed by atoms with Gasteiger partial charge in [0.25, 0.3) is 0 Å². The Bertz CT molecular complexity index is 163. The third-order valence-electron chi connectivity index (χ3n) is 0.886. The summed E-state index contributed by atoms with van der Waals surface area (Å²) in [5.41, 5.74) is 5.12. The molecule has 42 valence electrons. The van der Waals surface area contributed by atoms with Crippen LogP contribution in [0.4, 0.5) is 0 Å². The van der Waals surface area contributed by atoms with Crippen LogP contribution in [0.2, 0.25) is 0 Å². The summed E-state index contributed by atoms with van der Waals surface area (Å²) in [6.07, 6.45) is 7.12. The Labute approximate surface area is 48.2 Å². The summed E-state index contributed by atoms with van der Waals surface area (Å²) in [4.78, 5) is 0. The first-order valence-corrected chi connectivity index (χ1v) is 2.44. The minimum Gasteiger partial charge on any atom is -0.403 e. The molecule has 8 heavy (non-hydrogen) atoms. The van der Waals surface area contributed by atoms with E-state index in [2.05, 4.69) is 0 Å². The van der Waals surface area contributed by atoms with Crippen LogP contribution in [0.25, 0.3) is 6.20 Å². The predicted octanol–water partition coefficient (Wildman–Crippen LogP) is 0.875. The molecular weight excluding hydrogens is 100 g/mol. The third kappa shape index (κ3) is 0.904. The average Bonchev–Trinajstić information content (AvgIpc) is 2.19. The summed E-state index contributed by atoms with van der Waals surface area (Å²) in [6, 6.07) is 3.89. The molecule has 1 rings (SSSR count). The van der Waals surface area contributed by atoms with Crippen LogP contribution in [0.15, 0.2) is 30.7 Å². The molecular formula is C6H8N2. The zero-order valence-corrected chi connectivity index (χ0v) is 4.49. The van der Waals surface area contributed by atoms with Gasteiger partial charge in [0, 0.05) is 24.8 Å². The van der Waals surface area contributed by atoms with Crippen molar-refractivity contribution in [1.29, 1.82) is 0 Å². The van der Waals surface area contributed by atoms with E-state index >= 15 is 0 Å². The van der Waals surface area contributed by atoms with Gasteiger partial charge in [0.05, 0.1) is 0 Å². The monoisotopic (exact) mass is 108 g/mol. The van der Waals surface area contributed by atoms with Gasteiger partial charge in [0.2, 0.25) is 0 Å². The number of aromatic nitrogens is 1. The molecule has 1 aromatic heterocycles. The number of hydrogen-bond donors (Lipinski definition) is 1. The molecule has 0 radical (unpaired) electrons. The number of nitrogens with zero attached hydrogens (tertiary/aromatic N) is 1. The molecule has 1 heterocycles. The smallest absolute Gasteiger partial charge is 0.0237 e. The van der Waals surface area contributed by atoms with Gasteiger partial charge in [0.15, 0.2) is 0 Å². The van der Waals surface area contributed by atoms with E-state index in [4.69, 9.17) is 5.73 Å². The first kappa shape index (κ1) is 4.97. The molecule has 2 heteroatoms. The summed E-state index contributed by atoms with van der Waals surface area (Å²) in [6.45, 7) is 0. The van der Waals surface area contributed by atoms with Crippen molar-refractivity contribution in [1.82, 2.24) is 4.57 Å². The molecule has 0 saturated carbocycles. The fraction of sp³-hybridized carbons (Fsp3) is 0. The maximum atomic E-state index is 5.12. The molecule has 0 fully saturated rings. The number of rotatable bonds is 1. The lowest BCUT2D eigenvalue weighted by Gasteiger charge is -1.85. The van der Waals surface area contributed by atoms with Crippen LogP contribution in [0.1, 0.15) is 0 Å². The Balaban J connectivity index is 2.77. The fourth-order valence-corrected chi connectivity index (χ4v) is 0.547. The van der Waals surface area contributed by atoms with Crippen LogP contribution < -0.4 is 5.73 Å². The van der Waals surface area contributed by atoms with Crippen molar-refractivity contribution in [2.24, 2.45) is 5.73 Å². The van der Waals surface area contributed by atoms with E-state index in [1.807, 2.05) is 29.1 Å². The van der Waals surface area contributed by atoms with E-state index in [0.717, 1.165) is 0 Å². The second-order valence-corrected chi connectivity index (χ2v) is 1.47. The first-order chi connectivity index (χ1) is 3.93. The van der Waals surface area contributed by atoms with Gasteiger partial charge in [-0.1, -0.05) is 0 Å². The highest BCUT2D eigenvalue weighted by molar-refractivity contribution is 5.21. The Kier molecular flexibility index (Phi) is 1.37. The summed E-state index contributed by atoms with van der Waals surface area (Å²) in [5, 5.41) is 0. The van der Waals surface area contributed by atoms with Crippen molar-refractivity contribution in [3.05, 3.63) is 30.7 Å². The highest BCUT2D eigenvalue weighted by atomic mass is 14.9. The molecule has 0 aliphatic carbocycles. The molecule has 0 saturated heterocycles. The molecule has 1 aromatic rings. The Morgan fingerprint density at radius 2 is 1.88 bits per heavy atom. The van der Waals surface area contributed by atoms with Gasteiger partial charge in [-0.3, -0.25) is 0 Å². The van der Waals surface area contributed by atoms with E-state index in [9.17, 15) is 0 Å². The van der Waals surface area contributed by atoms with Crippen LogP contribution in [0, 0.1) is 0 Å². The van der Waals surface area contributed by atoms with Crippen LogP contribution in [-0.4, -0.2) is 4.57 Å². The summed E-state index contributed by atoms with van der Waals surface area (Å²) in [7, 11) is 0. The van der Waals surface area contributed by atoms with Crippen molar-refractivity contribution < 1.29 is 0 Å². The molecule has 2 nitrogen and oxygen atoms in total. The maximum Gasteiger partial charge on any atom is 0.0237 e. The number of nitrogens with two attached hydrogens (primary N) is 1. The van der Waals surface area contributed by atoms with Gasteiger partial charge >= 0.3 is 0 Å². The summed E-state index contributed by atoms with van der Waals surface area (Å²) < 4.78 is 1.88. The largest absolute Gasteiger partial charge is 0.403 e. The van der Waals surface area contributed by atoms with Crippen LogP contribution in [0.5, 0.6) is 0 Å². The summed E-state index contributed by atoms with van der Waals surface area (Å²) >= 11 is 0. The molecule has 0 aromatic carbocycles. The van der Waals surface area contributed by atoms with Crippen molar-refractivity contribution in [3.63, 3.8) is 0 Å². The van der Waals surface area contributed by atoms with Crippen LogP contribution in [-0.2, 0) is 0 Å². The zero-order chi connectivity index (χ0) is 5.82. The minimum atomic E-state index is 1.50. The van der Waals surface area contributed by atoms with Gasteiger partial charge in [-0.15, -0.1) is 0 Å². The molecule has 0 unspecified atom stereocenters. The van der Waals surface area contributed by atoms with Crippen molar-refractivity contribution in [3.8, 4) is 0 Å². The lowest BCUT2D eigenvalue weighted by Crippen LogP contribution is -1.82. The first-order valence-electron chi connectivity index (χ1n) is 2.44. The minimum absolute atomic E-state index is 1.50. The van der Waals surface area contributed by atoms with Crippen molar-refractivity contribution in [2.45, 2.75) is 0 Å². The predicted molar refractivity (Wildman–Crippen MR) is 33.9 cm³/mol. The highest BCUT2D eigenvalue weighted by Crippen LogP contribution is 1.87. The highest BCUT2D eigenvalue weighted by Gasteiger charge is 1.74. The number of hydrogen-bond acceptors (Lipinski definition) is 1. The van der Waals surface area contributed by atoms with E-state index in [-0.39, 0.29) is 0 Å². The molecule has 0 amide bonds. The van der Waals surface area contributed by atoms with Gasteiger partial charge in [-0.2, -0.15) is 0 Å². The fourth-order valence-electron chi connectivity index (χ4n) is 0.547. The molecule has 2 N–H and O–H groups in total. The summed E-state index contributed by atoms with van der Waals surface area (Å²) in [5.74, 6) is 0. The third-order valence-corrected chi connectivity index (χ3v) is 0.886. The second-order valence-electron chi connectivity index (χ2n) is 1.47. The van der Waals surface area contributed by atoms with Gasteiger partial charge in [0.1, 0.15) is 0 Å². The molecule has 0 bridgehead atoms. The molecule has 0 aliphatic rings. The topological polar surface area (TPSA) is 30.9 Å². The SMILES string of the molecule is NC=Cn1cccc1. The maximum absolute atomic E-state index is 5.12. The lowest BCUT2D eigenvalue weighted by atomic mass is 10.7. The van der Waals surface area contributed by atoms with E-state index < -0.39 is 0 Å². The lowest BCUT2D eigenvalue weighted by molar-refractivity contribution is 1.17. The van der Waals surface area contributed by atoms with E-state index in [1.54, 1.807) is 6.20 Å². The second kappa shape index (κ2) is 2.21. The zero-order valence-electron chi connectivity index (χ0n) is 4.49. The standard InChI is InChI=1S/C6H8N2/c7-3-6-8-4-1-2-5-8/h1-6H,7H2. The van der Waals surface area contributed by atoms with E-state index in [0.29, 0.717) is 0 Å².